The van der Waals surface area contributed by atoms with Crippen LogP contribution in [0.2, 0.25) is 0 Å². The Morgan fingerprint density at radius 1 is 1.46 bits per heavy atom. The van der Waals surface area contributed by atoms with E-state index in [4.69, 9.17) is 5.11 Å². The smallest absolute Gasteiger partial charge is 1.00 e. The molecule has 1 atom stereocenters. The second-order valence-electron chi connectivity index (χ2n) is 3.75. The van der Waals surface area contributed by atoms with Crippen molar-refractivity contribution >= 4 is 51.5 Å². The minimum Gasteiger partial charge on any atom is -1.00 e. The summed E-state index contributed by atoms with van der Waals surface area (Å²) in [6.45, 7) is 1.98. The minimum absolute atomic E-state index is 0. The van der Waals surface area contributed by atoms with Crippen LogP contribution in [0.5, 0.6) is 0 Å². The van der Waals surface area contributed by atoms with Gasteiger partial charge in [0.25, 0.3) is 0 Å². The summed E-state index contributed by atoms with van der Waals surface area (Å²) in [5, 5.41) is 8.93. The summed E-state index contributed by atoms with van der Waals surface area (Å²) < 4.78 is 0. The van der Waals surface area contributed by atoms with Gasteiger partial charge in [0.1, 0.15) is 0 Å². The number of hydrogen-bond acceptors (Lipinski definition) is 1. The van der Waals surface area contributed by atoms with Crippen molar-refractivity contribution in [2.75, 3.05) is 0 Å². The Kier molecular flexibility index (Phi) is 7.80. The van der Waals surface area contributed by atoms with Crippen molar-refractivity contribution in [1.29, 1.82) is 0 Å². The fraction of sp³-hybridized carbons (Fsp3) is 0.900. The Labute approximate surface area is 120 Å². The molecule has 0 aromatic heterocycles. The zero-order valence-electron chi connectivity index (χ0n) is 10.5. The van der Waals surface area contributed by atoms with Crippen LogP contribution >= 0.6 is 0 Å². The van der Waals surface area contributed by atoms with Crippen molar-refractivity contribution in [3.8, 4) is 0 Å². The van der Waals surface area contributed by atoms with E-state index in [-0.39, 0.29) is 54.3 Å². The maximum Gasteiger partial charge on any atom is 2.00 e. The van der Waals surface area contributed by atoms with Gasteiger partial charge in [-0.25, -0.2) is 0 Å². The molecule has 0 spiro atoms. The third kappa shape index (κ3) is 4.32. The molecule has 0 radical (unpaired) electrons. The van der Waals surface area contributed by atoms with Gasteiger partial charge in [0.05, 0.1) is 5.92 Å². The van der Waals surface area contributed by atoms with Crippen LogP contribution in [0.15, 0.2) is 0 Å². The van der Waals surface area contributed by atoms with Crippen LogP contribution in [0, 0.1) is 11.8 Å². The second kappa shape index (κ2) is 7.27. The van der Waals surface area contributed by atoms with Crippen LogP contribution in [0.1, 0.15) is 48.3 Å². The van der Waals surface area contributed by atoms with Gasteiger partial charge in [0.2, 0.25) is 0 Å². The largest absolute Gasteiger partial charge is 2.00 e. The standard InChI is InChI=1S/C10H18O2.Sr.2H/c1-2-9(10(11)12)8-6-4-3-5-7-8;;;/h8-9H,2-7H2,1H3,(H,11,12);;;/q;+2;2*-1. The van der Waals surface area contributed by atoms with E-state index in [1.54, 1.807) is 0 Å². The first kappa shape index (κ1) is 14.0. The third-order valence-electron chi connectivity index (χ3n) is 2.98. The van der Waals surface area contributed by atoms with Crippen molar-refractivity contribution in [2.24, 2.45) is 11.8 Å². The molecular formula is C10H20O2Sr. The molecule has 74 valence electrons. The van der Waals surface area contributed by atoms with Crippen molar-refractivity contribution in [3.63, 3.8) is 0 Å². The number of rotatable bonds is 3. The van der Waals surface area contributed by atoms with Gasteiger partial charge < -0.3 is 7.96 Å². The van der Waals surface area contributed by atoms with E-state index in [0.29, 0.717) is 5.92 Å². The molecule has 0 bridgehead atoms. The summed E-state index contributed by atoms with van der Waals surface area (Å²) in [6, 6.07) is 0. The first-order chi connectivity index (χ1) is 5.75. The Balaban J connectivity index is -0.000000480. The normalized spacial score (nSPS) is 20.4. The fourth-order valence-corrected chi connectivity index (χ4v) is 2.25. The van der Waals surface area contributed by atoms with Gasteiger partial charge in [0, 0.05) is 0 Å². The fourth-order valence-electron chi connectivity index (χ4n) is 2.25. The summed E-state index contributed by atoms with van der Waals surface area (Å²) in [7, 11) is 0. The molecule has 0 aliphatic heterocycles. The summed E-state index contributed by atoms with van der Waals surface area (Å²) in [5.74, 6) is -0.212. The molecule has 2 nitrogen and oxygen atoms in total. The van der Waals surface area contributed by atoms with Crippen LogP contribution in [-0.4, -0.2) is 56.6 Å². The van der Waals surface area contributed by atoms with E-state index in [2.05, 4.69) is 0 Å². The number of carboxylic acids is 1. The predicted octanol–water partition coefficient (Wildman–Crippen LogP) is 2.52. The van der Waals surface area contributed by atoms with Gasteiger partial charge >= 0.3 is 51.5 Å². The average Bonchev–Trinajstić information content (AvgIpc) is 2.07. The molecule has 0 aromatic rings. The summed E-state index contributed by atoms with van der Waals surface area (Å²) in [6.07, 6.45) is 6.81. The summed E-state index contributed by atoms with van der Waals surface area (Å²) in [4.78, 5) is 10.8. The van der Waals surface area contributed by atoms with Crippen LogP contribution in [0.25, 0.3) is 0 Å². The number of aliphatic carboxylic acids is 1. The zero-order chi connectivity index (χ0) is 8.97. The Bertz CT molecular complexity index is 162. The molecule has 1 unspecified atom stereocenters. The molecule has 13 heavy (non-hydrogen) atoms. The third-order valence-corrected chi connectivity index (χ3v) is 2.98. The van der Waals surface area contributed by atoms with Gasteiger partial charge in [-0.2, -0.15) is 0 Å². The van der Waals surface area contributed by atoms with E-state index < -0.39 is 5.97 Å². The van der Waals surface area contributed by atoms with Crippen LogP contribution in [0.4, 0.5) is 0 Å². The molecule has 0 aromatic carbocycles. The van der Waals surface area contributed by atoms with Crippen LogP contribution in [0.3, 0.4) is 0 Å². The Hall–Kier alpha value is 0.951. The van der Waals surface area contributed by atoms with E-state index >= 15 is 0 Å². The monoisotopic (exact) mass is 260 g/mol. The van der Waals surface area contributed by atoms with Crippen LogP contribution < -0.4 is 0 Å². The van der Waals surface area contributed by atoms with Crippen molar-refractivity contribution < 1.29 is 12.8 Å². The van der Waals surface area contributed by atoms with Crippen molar-refractivity contribution in [2.45, 2.75) is 45.4 Å². The zero-order valence-corrected chi connectivity index (χ0v) is 11.9. The minimum atomic E-state index is -0.593. The predicted molar refractivity (Wildman–Crippen MR) is 56.0 cm³/mol. The molecule has 1 saturated carbocycles. The molecule has 1 aliphatic carbocycles. The number of carbonyl (C=O) groups is 1. The van der Waals surface area contributed by atoms with E-state index in [1.807, 2.05) is 6.92 Å². The summed E-state index contributed by atoms with van der Waals surface area (Å²) in [5.41, 5.74) is 0. The Morgan fingerprint density at radius 3 is 2.38 bits per heavy atom. The molecule has 1 aliphatic rings. The molecule has 0 amide bonds. The van der Waals surface area contributed by atoms with Crippen LogP contribution in [-0.2, 0) is 4.79 Å². The molecule has 1 fully saturated rings. The first-order valence-corrected chi connectivity index (χ1v) is 4.98. The van der Waals surface area contributed by atoms with Gasteiger partial charge in [-0.05, 0) is 25.2 Å². The number of hydrogen-bond donors (Lipinski definition) is 1. The van der Waals surface area contributed by atoms with E-state index in [9.17, 15) is 4.79 Å². The molecule has 1 rings (SSSR count). The van der Waals surface area contributed by atoms with Crippen molar-refractivity contribution in [1.82, 2.24) is 0 Å². The molecule has 3 heteroatoms. The number of carboxylic acid groups (broad SMARTS) is 1. The van der Waals surface area contributed by atoms with Crippen molar-refractivity contribution in [3.05, 3.63) is 0 Å². The molecule has 0 heterocycles. The Morgan fingerprint density at radius 2 is 2.00 bits per heavy atom. The van der Waals surface area contributed by atoms with E-state index in [1.165, 1.54) is 19.3 Å². The van der Waals surface area contributed by atoms with Gasteiger partial charge in [-0.1, -0.05) is 26.2 Å². The van der Waals surface area contributed by atoms with E-state index in [0.717, 1.165) is 19.3 Å². The SMILES string of the molecule is CCC(C(=O)O)C1CCCCC1.[H-].[H-].[Sr+2]. The first-order valence-electron chi connectivity index (χ1n) is 4.98. The molecule has 0 saturated heterocycles. The maximum atomic E-state index is 10.8. The topological polar surface area (TPSA) is 37.3 Å². The quantitative estimate of drug-likeness (QED) is 0.791. The molecule has 1 N–H and O–H groups in total. The average molecular weight is 260 g/mol. The molecular weight excluding hydrogens is 240 g/mol. The summed E-state index contributed by atoms with van der Waals surface area (Å²) >= 11 is 0. The van der Waals surface area contributed by atoms with Gasteiger partial charge in [-0.3, -0.25) is 4.79 Å². The van der Waals surface area contributed by atoms with Gasteiger partial charge in [-0.15, -0.1) is 0 Å². The van der Waals surface area contributed by atoms with Gasteiger partial charge in [0.15, 0.2) is 0 Å². The second-order valence-corrected chi connectivity index (χ2v) is 3.75. The maximum absolute atomic E-state index is 10.8.